The van der Waals surface area contributed by atoms with Gasteiger partial charge in [0.15, 0.2) is 5.82 Å². The maximum absolute atomic E-state index is 10.8. The van der Waals surface area contributed by atoms with E-state index in [1.165, 1.54) is 12.1 Å². The summed E-state index contributed by atoms with van der Waals surface area (Å²) >= 11 is 0. The van der Waals surface area contributed by atoms with E-state index in [1.807, 2.05) is 13.8 Å². The van der Waals surface area contributed by atoms with Gasteiger partial charge < -0.3 is 10.3 Å². The van der Waals surface area contributed by atoms with Crippen molar-refractivity contribution in [3.05, 3.63) is 34.1 Å². The van der Waals surface area contributed by atoms with Crippen LogP contribution in [0.5, 0.6) is 0 Å². The summed E-state index contributed by atoms with van der Waals surface area (Å²) in [7, 11) is 0. The molecule has 0 fully saturated rings. The Morgan fingerprint density at radius 3 is 2.84 bits per heavy atom. The third-order valence-corrected chi connectivity index (χ3v) is 2.53. The lowest BCUT2D eigenvalue weighted by Crippen LogP contribution is -1.97. The van der Waals surface area contributed by atoms with Crippen LogP contribution in [-0.4, -0.2) is 15.1 Å². The Kier molecular flexibility index (Phi) is 3.46. The number of aromatic nitrogens is 2. The SMILES string of the molecule is CC(C)Cc1noc(-c2ccc(N)c([N+](=O)[O-])c2)n1. The summed E-state index contributed by atoms with van der Waals surface area (Å²) in [5.74, 6) is 1.26. The number of anilines is 1. The van der Waals surface area contributed by atoms with Gasteiger partial charge in [-0.3, -0.25) is 10.1 Å². The molecule has 7 heteroatoms. The van der Waals surface area contributed by atoms with Crippen molar-refractivity contribution in [1.29, 1.82) is 0 Å². The number of nitrogens with zero attached hydrogens (tertiary/aromatic N) is 3. The normalized spacial score (nSPS) is 10.9. The Morgan fingerprint density at radius 1 is 1.47 bits per heavy atom. The number of nitrogen functional groups attached to an aromatic ring is 1. The lowest BCUT2D eigenvalue weighted by atomic mass is 10.1. The van der Waals surface area contributed by atoms with E-state index in [9.17, 15) is 10.1 Å². The van der Waals surface area contributed by atoms with Crippen molar-refractivity contribution < 1.29 is 9.45 Å². The fourth-order valence-corrected chi connectivity index (χ4v) is 1.65. The van der Waals surface area contributed by atoms with E-state index in [2.05, 4.69) is 10.1 Å². The molecule has 0 bridgehead atoms. The van der Waals surface area contributed by atoms with Crippen molar-refractivity contribution in [3.8, 4) is 11.5 Å². The first kappa shape index (κ1) is 13.0. The fraction of sp³-hybridized carbons (Fsp3) is 0.333. The minimum absolute atomic E-state index is 0.107. The van der Waals surface area contributed by atoms with Crippen LogP contribution in [0.15, 0.2) is 22.7 Å². The first-order valence-corrected chi connectivity index (χ1v) is 5.84. The van der Waals surface area contributed by atoms with Gasteiger partial charge in [0, 0.05) is 18.1 Å². The molecule has 7 nitrogen and oxygen atoms in total. The van der Waals surface area contributed by atoms with Crippen LogP contribution in [0.25, 0.3) is 11.5 Å². The summed E-state index contributed by atoms with van der Waals surface area (Å²) in [5.41, 5.74) is 5.96. The number of benzene rings is 1. The van der Waals surface area contributed by atoms with Crippen molar-refractivity contribution in [1.82, 2.24) is 10.1 Å². The highest BCUT2D eigenvalue weighted by atomic mass is 16.6. The maximum Gasteiger partial charge on any atom is 0.292 e. The minimum atomic E-state index is -0.537. The van der Waals surface area contributed by atoms with Crippen LogP contribution in [-0.2, 0) is 6.42 Å². The maximum atomic E-state index is 10.8. The van der Waals surface area contributed by atoms with Gasteiger partial charge in [-0.1, -0.05) is 19.0 Å². The smallest absolute Gasteiger partial charge is 0.292 e. The second-order valence-corrected chi connectivity index (χ2v) is 4.64. The van der Waals surface area contributed by atoms with Crippen LogP contribution >= 0.6 is 0 Å². The molecule has 0 aliphatic carbocycles. The Hall–Kier alpha value is -2.44. The van der Waals surface area contributed by atoms with Crippen LogP contribution in [0.4, 0.5) is 11.4 Å². The third kappa shape index (κ3) is 2.87. The molecule has 0 radical (unpaired) electrons. The van der Waals surface area contributed by atoms with Crippen molar-refractivity contribution in [2.24, 2.45) is 5.92 Å². The Bertz CT molecular complexity index is 607. The number of nitro groups is 1. The van der Waals surface area contributed by atoms with Gasteiger partial charge >= 0.3 is 0 Å². The van der Waals surface area contributed by atoms with E-state index in [1.54, 1.807) is 6.07 Å². The first-order valence-electron chi connectivity index (χ1n) is 5.84. The van der Waals surface area contributed by atoms with Crippen molar-refractivity contribution in [2.75, 3.05) is 5.73 Å². The van der Waals surface area contributed by atoms with Gasteiger partial charge in [0.25, 0.3) is 11.6 Å². The predicted molar refractivity (Wildman–Crippen MR) is 69.3 cm³/mol. The van der Waals surface area contributed by atoms with Crippen molar-refractivity contribution >= 4 is 11.4 Å². The highest BCUT2D eigenvalue weighted by Crippen LogP contribution is 2.27. The zero-order valence-electron chi connectivity index (χ0n) is 10.7. The van der Waals surface area contributed by atoms with E-state index >= 15 is 0 Å². The quantitative estimate of drug-likeness (QED) is 0.515. The molecule has 1 heterocycles. The van der Waals surface area contributed by atoms with Gasteiger partial charge in [-0.2, -0.15) is 4.98 Å². The highest BCUT2D eigenvalue weighted by molar-refractivity contribution is 5.67. The van der Waals surface area contributed by atoms with Gasteiger partial charge in [0.1, 0.15) is 5.69 Å². The summed E-state index contributed by atoms with van der Waals surface area (Å²) in [4.78, 5) is 14.5. The van der Waals surface area contributed by atoms with E-state index in [-0.39, 0.29) is 17.3 Å². The predicted octanol–water partition coefficient (Wildman–Crippen LogP) is 2.43. The summed E-state index contributed by atoms with van der Waals surface area (Å²) in [6.07, 6.45) is 0.695. The molecule has 2 rings (SSSR count). The van der Waals surface area contributed by atoms with E-state index in [0.717, 1.165) is 0 Å². The Morgan fingerprint density at radius 2 is 2.21 bits per heavy atom. The minimum Gasteiger partial charge on any atom is -0.393 e. The second-order valence-electron chi connectivity index (χ2n) is 4.64. The third-order valence-electron chi connectivity index (χ3n) is 2.53. The molecule has 0 amide bonds. The van der Waals surface area contributed by atoms with Gasteiger partial charge in [-0.25, -0.2) is 0 Å². The number of rotatable bonds is 4. The molecule has 0 saturated carbocycles. The lowest BCUT2D eigenvalue weighted by molar-refractivity contribution is -0.383. The molecule has 0 unspecified atom stereocenters. The summed E-state index contributed by atoms with van der Waals surface area (Å²) in [6, 6.07) is 4.41. The lowest BCUT2D eigenvalue weighted by Gasteiger charge is -1.98. The molecule has 0 saturated heterocycles. The van der Waals surface area contributed by atoms with Crippen molar-refractivity contribution in [2.45, 2.75) is 20.3 Å². The van der Waals surface area contributed by atoms with Gasteiger partial charge in [-0.15, -0.1) is 0 Å². The summed E-state index contributed by atoms with van der Waals surface area (Å²) < 4.78 is 5.10. The highest BCUT2D eigenvalue weighted by Gasteiger charge is 2.16. The van der Waals surface area contributed by atoms with Crippen LogP contribution in [0.1, 0.15) is 19.7 Å². The molecule has 0 aliphatic rings. The number of nitro benzene ring substituents is 1. The second kappa shape index (κ2) is 5.05. The van der Waals surface area contributed by atoms with Crippen molar-refractivity contribution in [3.63, 3.8) is 0 Å². The van der Waals surface area contributed by atoms with E-state index in [4.69, 9.17) is 10.3 Å². The largest absolute Gasteiger partial charge is 0.393 e. The molecular weight excluding hydrogens is 248 g/mol. The summed E-state index contributed by atoms with van der Waals surface area (Å²) in [6.45, 7) is 4.09. The molecule has 2 aromatic rings. The molecule has 1 aromatic carbocycles. The number of nitrogens with two attached hydrogens (primary N) is 1. The molecular formula is C12H14N4O3. The van der Waals surface area contributed by atoms with Gasteiger partial charge in [-0.05, 0) is 18.1 Å². The monoisotopic (exact) mass is 262 g/mol. The average molecular weight is 262 g/mol. The Labute approximate surface area is 109 Å². The zero-order chi connectivity index (χ0) is 14.0. The standard InChI is InChI=1S/C12H14N4O3/c1-7(2)5-11-14-12(19-15-11)8-3-4-9(13)10(6-8)16(17)18/h3-4,6-7H,5,13H2,1-2H3. The molecule has 0 aliphatic heterocycles. The van der Waals surface area contributed by atoms with E-state index in [0.29, 0.717) is 23.7 Å². The van der Waals surface area contributed by atoms with E-state index < -0.39 is 4.92 Å². The molecule has 100 valence electrons. The van der Waals surface area contributed by atoms with Crippen LogP contribution in [0.3, 0.4) is 0 Å². The summed E-state index contributed by atoms with van der Waals surface area (Å²) in [5, 5.41) is 14.7. The topological polar surface area (TPSA) is 108 Å². The Balaban J connectivity index is 2.34. The number of hydrogen-bond acceptors (Lipinski definition) is 6. The van der Waals surface area contributed by atoms with Crippen LogP contribution < -0.4 is 5.73 Å². The molecule has 0 spiro atoms. The zero-order valence-corrected chi connectivity index (χ0v) is 10.7. The number of hydrogen-bond donors (Lipinski definition) is 1. The molecule has 0 atom stereocenters. The first-order chi connectivity index (χ1) is 8.97. The van der Waals surface area contributed by atoms with Crippen LogP contribution in [0, 0.1) is 16.0 Å². The van der Waals surface area contributed by atoms with Gasteiger partial charge in [0.05, 0.1) is 4.92 Å². The van der Waals surface area contributed by atoms with Gasteiger partial charge in [0.2, 0.25) is 0 Å². The molecule has 2 N–H and O–H groups in total. The molecule has 1 aromatic heterocycles. The van der Waals surface area contributed by atoms with Crippen LogP contribution in [0.2, 0.25) is 0 Å². The molecule has 19 heavy (non-hydrogen) atoms. The fourth-order valence-electron chi connectivity index (χ4n) is 1.65. The average Bonchev–Trinajstić information content (AvgIpc) is 2.76.